The average Bonchev–Trinajstić information content (AvgIpc) is 2.60. The number of hydrogen-bond acceptors (Lipinski definition) is 2. The van der Waals surface area contributed by atoms with E-state index in [1.54, 1.807) is 11.1 Å². The van der Waals surface area contributed by atoms with Crippen molar-refractivity contribution >= 4 is 16.8 Å². The molecular weight excluding hydrogens is 308 g/mol. The smallest absolute Gasteiger partial charge is 0.256 e. The van der Waals surface area contributed by atoms with E-state index < -0.39 is 0 Å². The number of carbonyl (C=O) groups is 1. The van der Waals surface area contributed by atoms with E-state index in [1.807, 2.05) is 37.4 Å². The van der Waals surface area contributed by atoms with Gasteiger partial charge in [-0.05, 0) is 28.7 Å². The van der Waals surface area contributed by atoms with E-state index in [0.29, 0.717) is 12.1 Å². The van der Waals surface area contributed by atoms with Crippen molar-refractivity contribution in [2.24, 2.45) is 0 Å². The first-order valence-electron chi connectivity index (χ1n) is 8.55. The monoisotopic (exact) mass is 332 g/mol. The summed E-state index contributed by atoms with van der Waals surface area (Å²) < 4.78 is 0. The van der Waals surface area contributed by atoms with Crippen LogP contribution in [-0.4, -0.2) is 22.8 Å². The van der Waals surface area contributed by atoms with E-state index in [0.717, 1.165) is 16.5 Å². The van der Waals surface area contributed by atoms with E-state index in [9.17, 15) is 4.79 Å². The van der Waals surface area contributed by atoms with Crippen molar-refractivity contribution < 1.29 is 4.79 Å². The molecule has 0 saturated carbocycles. The van der Waals surface area contributed by atoms with Crippen LogP contribution in [-0.2, 0) is 12.0 Å². The van der Waals surface area contributed by atoms with Crippen LogP contribution in [0.15, 0.2) is 60.8 Å². The fraction of sp³-hybridized carbons (Fsp3) is 0.273. The van der Waals surface area contributed by atoms with E-state index in [2.05, 4.69) is 50.0 Å². The summed E-state index contributed by atoms with van der Waals surface area (Å²) in [5.41, 5.74) is 3.95. The van der Waals surface area contributed by atoms with Crippen LogP contribution < -0.4 is 0 Å². The molecule has 0 aliphatic rings. The normalized spacial score (nSPS) is 11.5. The Kier molecular flexibility index (Phi) is 4.58. The van der Waals surface area contributed by atoms with Gasteiger partial charge in [-0.2, -0.15) is 0 Å². The number of benzene rings is 2. The first kappa shape index (κ1) is 17.2. The molecule has 0 radical (unpaired) electrons. The highest BCUT2D eigenvalue weighted by molar-refractivity contribution is 6.05. The minimum absolute atomic E-state index is 0.0100. The number of amides is 1. The maximum atomic E-state index is 12.9. The fourth-order valence-corrected chi connectivity index (χ4v) is 2.94. The Labute approximate surface area is 149 Å². The molecule has 1 aromatic heterocycles. The summed E-state index contributed by atoms with van der Waals surface area (Å²) >= 11 is 0. The standard InChI is InChI=1S/C22H24N2O/c1-22(2,3)18-12-10-16(11-13-18)15-24(4)21(25)19-9-5-7-17-8-6-14-23-20(17)19/h5-14H,15H2,1-4H3. The first-order chi connectivity index (χ1) is 11.9. The molecule has 0 fully saturated rings. The summed E-state index contributed by atoms with van der Waals surface area (Å²) in [6, 6.07) is 18.1. The fourth-order valence-electron chi connectivity index (χ4n) is 2.94. The number of hydrogen-bond donors (Lipinski definition) is 0. The van der Waals surface area contributed by atoms with Gasteiger partial charge in [0, 0.05) is 25.2 Å². The summed E-state index contributed by atoms with van der Waals surface area (Å²) in [6.45, 7) is 7.17. The third-order valence-corrected chi connectivity index (χ3v) is 4.45. The predicted octanol–water partition coefficient (Wildman–Crippen LogP) is 4.80. The number of para-hydroxylation sites is 1. The van der Waals surface area contributed by atoms with Crippen LogP contribution >= 0.6 is 0 Å². The number of carbonyl (C=O) groups excluding carboxylic acids is 1. The molecule has 2 aromatic carbocycles. The van der Waals surface area contributed by atoms with E-state index in [1.165, 1.54) is 5.56 Å². The first-order valence-corrected chi connectivity index (χ1v) is 8.55. The van der Waals surface area contributed by atoms with Crippen LogP contribution in [0.5, 0.6) is 0 Å². The van der Waals surface area contributed by atoms with E-state index in [-0.39, 0.29) is 11.3 Å². The molecule has 0 atom stereocenters. The van der Waals surface area contributed by atoms with Crippen molar-refractivity contribution in [3.05, 3.63) is 77.5 Å². The lowest BCUT2D eigenvalue weighted by Gasteiger charge is -2.21. The molecular formula is C22H24N2O. The average molecular weight is 332 g/mol. The van der Waals surface area contributed by atoms with E-state index in [4.69, 9.17) is 0 Å². The Morgan fingerprint density at radius 3 is 2.36 bits per heavy atom. The minimum atomic E-state index is -0.0100. The molecule has 0 bridgehead atoms. The molecule has 3 heteroatoms. The highest BCUT2D eigenvalue weighted by atomic mass is 16.2. The molecule has 1 amide bonds. The van der Waals surface area contributed by atoms with Gasteiger partial charge in [0.05, 0.1) is 11.1 Å². The molecule has 0 aliphatic heterocycles. The third-order valence-electron chi connectivity index (χ3n) is 4.45. The van der Waals surface area contributed by atoms with Crippen LogP contribution in [0, 0.1) is 0 Å². The predicted molar refractivity (Wildman–Crippen MR) is 103 cm³/mol. The molecule has 0 spiro atoms. The highest BCUT2D eigenvalue weighted by Crippen LogP contribution is 2.23. The second-order valence-corrected chi connectivity index (χ2v) is 7.49. The van der Waals surface area contributed by atoms with Gasteiger partial charge in [0.2, 0.25) is 0 Å². The molecule has 3 aromatic rings. The maximum Gasteiger partial charge on any atom is 0.256 e. The van der Waals surface area contributed by atoms with Gasteiger partial charge in [-0.15, -0.1) is 0 Å². The lowest BCUT2D eigenvalue weighted by Crippen LogP contribution is -2.26. The Balaban J connectivity index is 1.81. The van der Waals surface area contributed by atoms with Gasteiger partial charge in [0.25, 0.3) is 5.91 Å². The molecule has 0 N–H and O–H groups in total. The summed E-state index contributed by atoms with van der Waals surface area (Å²) in [5.74, 6) is -0.0100. The number of nitrogens with zero attached hydrogens (tertiary/aromatic N) is 2. The van der Waals surface area contributed by atoms with Crippen LogP contribution in [0.3, 0.4) is 0 Å². The number of rotatable bonds is 3. The van der Waals surface area contributed by atoms with Crippen molar-refractivity contribution in [1.82, 2.24) is 9.88 Å². The zero-order chi connectivity index (χ0) is 18.0. The van der Waals surface area contributed by atoms with Crippen LogP contribution in [0.4, 0.5) is 0 Å². The van der Waals surface area contributed by atoms with Crippen LogP contribution in [0.2, 0.25) is 0 Å². The lowest BCUT2D eigenvalue weighted by molar-refractivity contribution is 0.0787. The van der Waals surface area contributed by atoms with Crippen molar-refractivity contribution in [1.29, 1.82) is 0 Å². The number of pyridine rings is 1. The van der Waals surface area contributed by atoms with Crippen molar-refractivity contribution in [3.63, 3.8) is 0 Å². The van der Waals surface area contributed by atoms with Crippen LogP contribution in [0.25, 0.3) is 10.9 Å². The molecule has 0 aliphatic carbocycles. The second-order valence-electron chi connectivity index (χ2n) is 7.49. The minimum Gasteiger partial charge on any atom is -0.337 e. The summed E-state index contributed by atoms with van der Waals surface area (Å²) in [6.07, 6.45) is 1.73. The number of aromatic nitrogens is 1. The summed E-state index contributed by atoms with van der Waals surface area (Å²) in [7, 11) is 1.84. The van der Waals surface area contributed by atoms with Gasteiger partial charge in [-0.1, -0.05) is 63.2 Å². The quantitative estimate of drug-likeness (QED) is 0.690. The van der Waals surface area contributed by atoms with Gasteiger partial charge >= 0.3 is 0 Å². The molecule has 0 unspecified atom stereocenters. The van der Waals surface area contributed by atoms with Gasteiger partial charge in [-0.25, -0.2) is 0 Å². The third kappa shape index (κ3) is 3.71. The Hall–Kier alpha value is -2.68. The number of fused-ring (bicyclic) bond motifs is 1. The molecule has 128 valence electrons. The largest absolute Gasteiger partial charge is 0.337 e. The molecule has 3 rings (SSSR count). The Bertz CT molecular complexity index is 887. The molecule has 1 heterocycles. The topological polar surface area (TPSA) is 33.2 Å². The zero-order valence-electron chi connectivity index (χ0n) is 15.3. The van der Waals surface area contributed by atoms with Gasteiger partial charge in [-0.3, -0.25) is 9.78 Å². The van der Waals surface area contributed by atoms with Crippen molar-refractivity contribution in [2.75, 3.05) is 7.05 Å². The Morgan fingerprint density at radius 1 is 1.00 bits per heavy atom. The van der Waals surface area contributed by atoms with Crippen molar-refractivity contribution in [2.45, 2.75) is 32.7 Å². The molecule has 3 nitrogen and oxygen atoms in total. The maximum absolute atomic E-state index is 12.9. The van der Waals surface area contributed by atoms with E-state index >= 15 is 0 Å². The highest BCUT2D eigenvalue weighted by Gasteiger charge is 2.17. The van der Waals surface area contributed by atoms with Gasteiger partial charge < -0.3 is 4.90 Å². The summed E-state index contributed by atoms with van der Waals surface area (Å²) in [5, 5.41) is 0.983. The Morgan fingerprint density at radius 2 is 1.68 bits per heavy atom. The lowest BCUT2D eigenvalue weighted by atomic mass is 9.87. The molecule has 0 saturated heterocycles. The van der Waals surface area contributed by atoms with Gasteiger partial charge in [0.1, 0.15) is 0 Å². The second kappa shape index (κ2) is 6.67. The van der Waals surface area contributed by atoms with Crippen molar-refractivity contribution in [3.8, 4) is 0 Å². The van der Waals surface area contributed by atoms with Gasteiger partial charge in [0.15, 0.2) is 0 Å². The zero-order valence-corrected chi connectivity index (χ0v) is 15.3. The molecule has 25 heavy (non-hydrogen) atoms. The summed E-state index contributed by atoms with van der Waals surface area (Å²) in [4.78, 5) is 19.0. The van der Waals surface area contributed by atoms with Crippen LogP contribution in [0.1, 0.15) is 42.3 Å². The SMILES string of the molecule is CN(Cc1ccc(C(C)(C)C)cc1)C(=O)c1cccc2cccnc12.